The molecule has 1 amide bonds. The normalized spacial score (nSPS) is 14.0. The molecule has 0 saturated heterocycles. The summed E-state index contributed by atoms with van der Waals surface area (Å²) < 4.78 is 40.1. The minimum Gasteiger partial charge on any atom is -0.331 e. The number of carbonyl (C=O) groups is 1. The molecule has 0 atom stereocenters. The predicted molar refractivity (Wildman–Crippen MR) is 100 cm³/mol. The Hall–Kier alpha value is -2.65. The third kappa shape index (κ3) is 4.10. The van der Waals surface area contributed by atoms with Gasteiger partial charge in [-0.2, -0.15) is 13.2 Å². The molecule has 0 saturated carbocycles. The molecule has 3 heterocycles. The monoisotopic (exact) mass is 406 g/mol. The van der Waals surface area contributed by atoms with Crippen LogP contribution >= 0.6 is 11.3 Å². The van der Waals surface area contributed by atoms with Gasteiger partial charge < -0.3 is 15.2 Å². The van der Waals surface area contributed by atoms with Gasteiger partial charge in [-0.05, 0) is 42.3 Å². The fraction of sp³-hybridized carbons (Fsp3) is 0.263. The van der Waals surface area contributed by atoms with E-state index in [1.165, 1.54) is 34.2 Å². The first-order chi connectivity index (χ1) is 13.4. The van der Waals surface area contributed by atoms with Crippen LogP contribution in [0.1, 0.15) is 31.2 Å². The van der Waals surface area contributed by atoms with Crippen LogP contribution in [0.4, 0.5) is 19.0 Å². The number of fused-ring (bicyclic) bond motifs is 1. The molecule has 0 fully saturated rings. The van der Waals surface area contributed by atoms with Gasteiger partial charge in [-0.15, -0.1) is 11.3 Å². The van der Waals surface area contributed by atoms with Crippen LogP contribution in [0.15, 0.2) is 42.9 Å². The number of nitrogens with one attached hydrogen (secondary N) is 2. The number of carbonyl (C=O) groups excluding carboxylic acids is 1. The van der Waals surface area contributed by atoms with Gasteiger partial charge in [-0.25, -0.2) is 4.98 Å². The van der Waals surface area contributed by atoms with Gasteiger partial charge in [0.2, 0.25) is 0 Å². The maximum absolute atomic E-state index is 12.8. The summed E-state index contributed by atoms with van der Waals surface area (Å²) in [6.45, 7) is 1.91. The van der Waals surface area contributed by atoms with Gasteiger partial charge in [0.15, 0.2) is 5.82 Å². The van der Waals surface area contributed by atoms with Gasteiger partial charge in [0.25, 0.3) is 5.91 Å². The number of anilines is 1. The SMILES string of the molecule is O=C(Nc1cn(Cc2cccc(C(F)(F)F)c2)cn1)c1cc2c(s1)CNCC2. The molecule has 0 unspecified atom stereocenters. The topological polar surface area (TPSA) is 59.0 Å². The van der Waals surface area contributed by atoms with Crippen molar-refractivity contribution in [3.63, 3.8) is 0 Å². The third-order valence-electron chi connectivity index (χ3n) is 4.47. The highest BCUT2D eigenvalue weighted by molar-refractivity contribution is 7.14. The van der Waals surface area contributed by atoms with E-state index >= 15 is 0 Å². The number of hydrogen-bond donors (Lipinski definition) is 2. The van der Waals surface area contributed by atoms with Gasteiger partial charge in [0.05, 0.1) is 16.8 Å². The number of alkyl halides is 3. The van der Waals surface area contributed by atoms with Crippen molar-refractivity contribution in [3.8, 4) is 0 Å². The lowest BCUT2D eigenvalue weighted by molar-refractivity contribution is -0.137. The summed E-state index contributed by atoms with van der Waals surface area (Å²) in [6, 6.07) is 7.07. The number of nitrogens with zero attached hydrogens (tertiary/aromatic N) is 2. The first-order valence-electron chi connectivity index (χ1n) is 8.70. The zero-order valence-corrected chi connectivity index (χ0v) is 15.5. The maximum Gasteiger partial charge on any atom is 0.416 e. The van der Waals surface area contributed by atoms with Crippen molar-refractivity contribution >= 4 is 23.1 Å². The molecule has 2 N–H and O–H groups in total. The summed E-state index contributed by atoms with van der Waals surface area (Å²) in [7, 11) is 0. The van der Waals surface area contributed by atoms with Crippen LogP contribution in [-0.2, 0) is 25.7 Å². The Labute approximate surface area is 163 Å². The Morgan fingerprint density at radius 1 is 1.32 bits per heavy atom. The standard InChI is InChI=1S/C19H17F3N4OS/c20-19(21,22)14-3-1-2-12(6-14)9-26-10-17(24-11-26)25-18(27)15-7-13-4-5-23-8-16(13)28-15/h1-3,6-7,10-11,23H,4-5,8-9H2,(H,25,27). The van der Waals surface area contributed by atoms with Crippen molar-refractivity contribution in [2.24, 2.45) is 0 Å². The first kappa shape index (κ1) is 18.7. The second kappa shape index (κ2) is 7.40. The van der Waals surface area contributed by atoms with Crippen LogP contribution in [0.25, 0.3) is 0 Å². The summed E-state index contributed by atoms with van der Waals surface area (Å²) in [4.78, 5) is 18.4. The summed E-state index contributed by atoms with van der Waals surface area (Å²) in [5.41, 5.74) is 1.02. The quantitative estimate of drug-likeness (QED) is 0.691. The molecule has 1 aromatic carbocycles. The lowest BCUT2D eigenvalue weighted by atomic mass is 10.1. The fourth-order valence-corrected chi connectivity index (χ4v) is 4.19. The van der Waals surface area contributed by atoms with E-state index in [1.807, 2.05) is 6.07 Å². The fourth-order valence-electron chi connectivity index (χ4n) is 3.11. The molecule has 2 aromatic heterocycles. The summed E-state index contributed by atoms with van der Waals surface area (Å²) in [5.74, 6) is 0.130. The molecule has 0 bridgehead atoms. The van der Waals surface area contributed by atoms with Crippen molar-refractivity contribution in [2.75, 3.05) is 11.9 Å². The lowest BCUT2D eigenvalue weighted by Crippen LogP contribution is -2.21. The third-order valence-corrected chi connectivity index (χ3v) is 5.65. The average molecular weight is 406 g/mol. The molecule has 3 aromatic rings. The van der Waals surface area contributed by atoms with Gasteiger partial charge in [0.1, 0.15) is 0 Å². The number of thiophene rings is 1. The number of hydrogen-bond acceptors (Lipinski definition) is 4. The number of halogens is 3. The van der Waals surface area contributed by atoms with E-state index in [0.717, 1.165) is 31.6 Å². The molecule has 5 nitrogen and oxygen atoms in total. The average Bonchev–Trinajstić information content (AvgIpc) is 3.28. The summed E-state index contributed by atoms with van der Waals surface area (Å²) >= 11 is 1.46. The van der Waals surface area contributed by atoms with Crippen LogP contribution in [0, 0.1) is 0 Å². The van der Waals surface area contributed by atoms with E-state index in [9.17, 15) is 18.0 Å². The molecule has 146 valence electrons. The van der Waals surface area contributed by atoms with Crippen LogP contribution in [0.5, 0.6) is 0 Å². The minimum atomic E-state index is -4.38. The number of rotatable bonds is 4. The lowest BCUT2D eigenvalue weighted by Gasteiger charge is -2.10. The van der Waals surface area contributed by atoms with E-state index < -0.39 is 11.7 Å². The highest BCUT2D eigenvalue weighted by Crippen LogP contribution is 2.30. The first-order valence-corrected chi connectivity index (χ1v) is 9.52. The molecule has 28 heavy (non-hydrogen) atoms. The second-order valence-corrected chi connectivity index (χ2v) is 7.71. The molecule has 0 spiro atoms. The Morgan fingerprint density at radius 3 is 2.96 bits per heavy atom. The summed E-state index contributed by atoms with van der Waals surface area (Å²) in [6.07, 6.45) is -0.378. The molecule has 9 heteroatoms. The number of imidazole rings is 1. The van der Waals surface area contributed by atoms with Gasteiger partial charge >= 0.3 is 6.18 Å². The molecular formula is C19H17F3N4OS. The Kier molecular flexibility index (Phi) is 4.94. The van der Waals surface area contributed by atoms with Gasteiger partial charge in [-0.3, -0.25) is 4.79 Å². The second-order valence-electron chi connectivity index (χ2n) is 6.57. The van der Waals surface area contributed by atoms with Gasteiger partial charge in [-0.1, -0.05) is 12.1 Å². The zero-order valence-electron chi connectivity index (χ0n) is 14.7. The molecule has 1 aliphatic heterocycles. The van der Waals surface area contributed by atoms with Crippen LogP contribution in [0.3, 0.4) is 0 Å². The van der Waals surface area contributed by atoms with Crippen LogP contribution in [0.2, 0.25) is 0 Å². The molecule has 0 aliphatic carbocycles. The van der Waals surface area contributed by atoms with E-state index in [2.05, 4.69) is 15.6 Å². The van der Waals surface area contributed by atoms with E-state index in [0.29, 0.717) is 16.3 Å². The number of aromatic nitrogens is 2. The van der Waals surface area contributed by atoms with Crippen molar-refractivity contribution in [2.45, 2.75) is 25.7 Å². The molecule has 4 rings (SSSR count). The smallest absolute Gasteiger partial charge is 0.331 e. The minimum absolute atomic E-state index is 0.228. The van der Waals surface area contributed by atoms with Crippen molar-refractivity contribution in [1.29, 1.82) is 0 Å². The van der Waals surface area contributed by atoms with Crippen molar-refractivity contribution in [1.82, 2.24) is 14.9 Å². The number of amides is 1. The van der Waals surface area contributed by atoms with E-state index in [4.69, 9.17) is 0 Å². The van der Waals surface area contributed by atoms with E-state index in [-0.39, 0.29) is 12.5 Å². The zero-order chi connectivity index (χ0) is 19.7. The van der Waals surface area contributed by atoms with Crippen LogP contribution in [-0.4, -0.2) is 22.0 Å². The van der Waals surface area contributed by atoms with Gasteiger partial charge in [0, 0.05) is 24.2 Å². The summed E-state index contributed by atoms with van der Waals surface area (Å²) in [5, 5.41) is 6.02. The Bertz CT molecular complexity index is 985. The molecule has 1 aliphatic rings. The Balaban J connectivity index is 1.43. The van der Waals surface area contributed by atoms with Crippen molar-refractivity contribution in [3.05, 3.63) is 69.3 Å². The Morgan fingerprint density at radius 2 is 2.18 bits per heavy atom. The molecule has 0 radical (unpaired) electrons. The highest BCUT2D eigenvalue weighted by atomic mass is 32.1. The maximum atomic E-state index is 12.8. The number of benzene rings is 1. The van der Waals surface area contributed by atoms with Crippen molar-refractivity contribution < 1.29 is 18.0 Å². The highest BCUT2D eigenvalue weighted by Gasteiger charge is 2.30. The van der Waals surface area contributed by atoms with Crippen LogP contribution < -0.4 is 10.6 Å². The van der Waals surface area contributed by atoms with E-state index in [1.54, 1.807) is 16.8 Å². The molecular weight excluding hydrogens is 389 g/mol. The predicted octanol–water partition coefficient (Wildman–Crippen LogP) is 3.91. The largest absolute Gasteiger partial charge is 0.416 e.